The molecule has 1 heterocycles. The molecule has 0 spiro atoms. The number of carbonyl (C=O) groups is 1. The fraction of sp³-hybridized carbons (Fsp3) is 0.857. The van der Waals surface area contributed by atoms with E-state index in [9.17, 15) is 4.79 Å². The van der Waals surface area contributed by atoms with Crippen LogP contribution in [0.4, 0.5) is 0 Å². The topological polar surface area (TPSA) is 81.7 Å². The van der Waals surface area contributed by atoms with Crippen LogP contribution in [-0.2, 0) is 36.4 Å². The minimum atomic E-state index is -2.94. The first-order valence-corrected chi connectivity index (χ1v) is 14.7. The Kier molecular flexibility index (Phi) is 14.3. The summed E-state index contributed by atoms with van der Waals surface area (Å²) in [7, 11) is 4.73. The lowest BCUT2D eigenvalue weighted by molar-refractivity contribution is -0.143. The van der Waals surface area contributed by atoms with Crippen LogP contribution in [0, 0.1) is 0 Å². The third kappa shape index (κ3) is 7.19. The number of carbonyl (C=O) groups excluding carboxylic acids is 1. The largest absolute Gasteiger partial charge is 0.543 e. The van der Waals surface area contributed by atoms with Gasteiger partial charge in [-0.3, -0.25) is 0 Å². The Morgan fingerprint density at radius 3 is 1.94 bits per heavy atom. The molecule has 0 amide bonds. The molecule has 8 nitrogen and oxygen atoms in total. The van der Waals surface area contributed by atoms with E-state index in [1.165, 1.54) is 34.2 Å². The van der Waals surface area contributed by atoms with Gasteiger partial charge in [0, 0.05) is 48.2 Å². The molecular weight excluding hydrogens is 436 g/mol. The van der Waals surface area contributed by atoms with E-state index in [4.69, 9.17) is 31.6 Å². The lowest BCUT2D eigenvalue weighted by Gasteiger charge is -2.47. The number of hydrogen-bond acceptors (Lipinski definition) is 8. The van der Waals surface area contributed by atoms with E-state index >= 15 is 0 Å². The predicted molar refractivity (Wildman–Crippen MR) is 125 cm³/mol. The Morgan fingerprint density at radius 1 is 1.03 bits per heavy atom. The second-order valence-corrected chi connectivity index (χ2v) is 14.4. The van der Waals surface area contributed by atoms with E-state index in [0.717, 1.165) is 25.3 Å². The Hall–Kier alpha value is -0.596. The van der Waals surface area contributed by atoms with Crippen molar-refractivity contribution in [2.75, 3.05) is 42.7 Å². The standard InChI is InChI=1S/C11H24O3Si.C10H20O5Si/c1-5-8-11(12-2)9-6-7-10-15(11,13-3)14-4;1-7-9(15-10(11)8(2)3)16(12-4,13-5)14-6/h5-10H2,1-4H3;9H,2,7H2,1,3-6H3. The molecule has 1 fully saturated rings. The van der Waals surface area contributed by atoms with Crippen molar-refractivity contribution < 1.29 is 36.4 Å². The summed E-state index contributed by atoms with van der Waals surface area (Å²) >= 11 is 0. The molecule has 0 aromatic heterocycles. The molecular formula is C21H44O8Si2. The fourth-order valence-electron chi connectivity index (χ4n) is 4.20. The van der Waals surface area contributed by atoms with Crippen LogP contribution in [0.2, 0.25) is 6.04 Å². The maximum Gasteiger partial charge on any atom is 0.543 e. The maximum atomic E-state index is 11.4. The first-order valence-electron chi connectivity index (χ1n) is 10.8. The summed E-state index contributed by atoms with van der Waals surface area (Å²) in [6.45, 7) is 9.17. The summed E-state index contributed by atoms with van der Waals surface area (Å²) in [5.41, 5.74) is -0.179. The quantitative estimate of drug-likeness (QED) is 0.236. The van der Waals surface area contributed by atoms with Gasteiger partial charge in [0.1, 0.15) is 5.22 Å². The number of methoxy groups -OCH3 is 1. The molecule has 2 atom stereocenters. The number of hydrogen-bond donors (Lipinski definition) is 0. The van der Waals surface area contributed by atoms with Crippen molar-refractivity contribution in [1.29, 1.82) is 0 Å². The summed E-state index contributed by atoms with van der Waals surface area (Å²) in [4.78, 5) is 11.4. The second-order valence-electron chi connectivity index (χ2n) is 7.62. The lowest BCUT2D eigenvalue weighted by Crippen LogP contribution is -2.64. The van der Waals surface area contributed by atoms with Crippen LogP contribution in [-0.4, -0.2) is 76.9 Å². The van der Waals surface area contributed by atoms with E-state index in [0.29, 0.717) is 12.0 Å². The van der Waals surface area contributed by atoms with Gasteiger partial charge in [-0.2, -0.15) is 0 Å². The third-order valence-electron chi connectivity index (χ3n) is 5.95. The lowest BCUT2D eigenvalue weighted by atomic mass is 10.1. The number of esters is 1. The second kappa shape index (κ2) is 14.5. The molecule has 10 heteroatoms. The molecule has 1 aliphatic rings. The zero-order valence-corrected chi connectivity index (χ0v) is 23.0. The Bertz CT molecular complexity index is 525. The van der Waals surface area contributed by atoms with Crippen molar-refractivity contribution in [3.8, 4) is 0 Å². The van der Waals surface area contributed by atoms with Crippen LogP contribution >= 0.6 is 0 Å². The van der Waals surface area contributed by atoms with Gasteiger partial charge in [-0.05, 0) is 32.2 Å². The van der Waals surface area contributed by atoms with E-state index in [2.05, 4.69) is 13.5 Å². The van der Waals surface area contributed by atoms with Crippen LogP contribution in [0.15, 0.2) is 12.2 Å². The van der Waals surface area contributed by atoms with Crippen molar-refractivity contribution in [3.05, 3.63) is 12.2 Å². The molecule has 2 unspecified atom stereocenters. The first-order chi connectivity index (χ1) is 14.7. The molecule has 0 aliphatic carbocycles. The van der Waals surface area contributed by atoms with Gasteiger partial charge >= 0.3 is 23.3 Å². The van der Waals surface area contributed by atoms with Gasteiger partial charge in [-0.25, -0.2) is 4.79 Å². The molecule has 0 aromatic rings. The van der Waals surface area contributed by atoms with E-state index in [1.807, 2.05) is 6.92 Å². The average Bonchev–Trinajstić information content (AvgIpc) is 2.80. The fourth-order valence-corrected chi connectivity index (χ4v) is 10.2. The van der Waals surface area contributed by atoms with Gasteiger partial charge in [0.15, 0.2) is 5.73 Å². The third-order valence-corrected chi connectivity index (χ3v) is 13.4. The molecule has 0 aromatic carbocycles. The minimum absolute atomic E-state index is 0.122. The molecule has 1 saturated heterocycles. The number of rotatable bonds is 12. The zero-order valence-electron chi connectivity index (χ0n) is 21.0. The van der Waals surface area contributed by atoms with E-state index in [1.54, 1.807) is 28.3 Å². The van der Waals surface area contributed by atoms with E-state index in [-0.39, 0.29) is 5.22 Å². The average molecular weight is 481 g/mol. The van der Waals surface area contributed by atoms with Crippen molar-refractivity contribution in [2.24, 2.45) is 0 Å². The van der Waals surface area contributed by atoms with Crippen molar-refractivity contribution in [1.82, 2.24) is 0 Å². The zero-order chi connectivity index (χ0) is 24.1. The minimum Gasteiger partial charge on any atom is -0.454 e. The molecule has 0 radical (unpaired) electrons. The molecule has 0 saturated carbocycles. The van der Waals surface area contributed by atoms with Crippen molar-refractivity contribution in [3.63, 3.8) is 0 Å². The molecule has 1 rings (SSSR count). The monoisotopic (exact) mass is 480 g/mol. The van der Waals surface area contributed by atoms with Gasteiger partial charge < -0.3 is 31.6 Å². The molecule has 1 aliphatic heterocycles. The van der Waals surface area contributed by atoms with Crippen molar-refractivity contribution >= 4 is 23.3 Å². The van der Waals surface area contributed by atoms with Crippen LogP contribution in [0.5, 0.6) is 0 Å². The van der Waals surface area contributed by atoms with Crippen LogP contribution in [0.25, 0.3) is 0 Å². The van der Waals surface area contributed by atoms with Gasteiger partial charge in [0.2, 0.25) is 0 Å². The van der Waals surface area contributed by atoms with Crippen LogP contribution in [0.1, 0.15) is 59.3 Å². The molecule has 184 valence electrons. The highest BCUT2D eigenvalue weighted by Gasteiger charge is 2.58. The Balaban J connectivity index is 0.000000581. The van der Waals surface area contributed by atoms with Gasteiger partial charge in [-0.1, -0.05) is 39.7 Å². The normalized spacial score (nSPS) is 21.6. The van der Waals surface area contributed by atoms with Crippen molar-refractivity contribution in [2.45, 2.75) is 76.3 Å². The summed E-state index contributed by atoms with van der Waals surface area (Å²) < 4.78 is 38.4. The van der Waals surface area contributed by atoms with E-state index < -0.39 is 29.1 Å². The highest BCUT2D eigenvalue weighted by Crippen LogP contribution is 2.42. The predicted octanol–water partition coefficient (Wildman–Crippen LogP) is 3.93. The summed E-state index contributed by atoms with van der Waals surface area (Å²) in [5, 5.41) is -0.122. The maximum absolute atomic E-state index is 11.4. The first kappa shape index (κ1) is 30.4. The molecule has 0 N–H and O–H groups in total. The Labute approximate surface area is 191 Å². The Morgan fingerprint density at radius 2 is 1.58 bits per heavy atom. The number of ether oxygens (including phenoxy) is 2. The van der Waals surface area contributed by atoms with Gasteiger partial charge in [-0.15, -0.1) is 0 Å². The van der Waals surface area contributed by atoms with Crippen LogP contribution < -0.4 is 0 Å². The van der Waals surface area contributed by atoms with Crippen LogP contribution in [0.3, 0.4) is 0 Å². The summed E-state index contributed by atoms with van der Waals surface area (Å²) in [6.07, 6.45) is 6.26. The summed E-state index contributed by atoms with van der Waals surface area (Å²) in [5.74, 6) is -0.463. The molecule has 31 heavy (non-hydrogen) atoms. The van der Waals surface area contributed by atoms with Gasteiger partial charge in [0.05, 0.1) is 0 Å². The van der Waals surface area contributed by atoms with Gasteiger partial charge in [0.25, 0.3) is 0 Å². The highest BCUT2D eigenvalue weighted by atomic mass is 28.4. The highest BCUT2D eigenvalue weighted by molar-refractivity contribution is 6.70. The SMILES string of the molecule is C=C(C)C(=O)OC(CC)[Si](OC)(OC)OC.CCCC1(OC)CCCC[Si]1(OC)OC. The smallest absolute Gasteiger partial charge is 0.454 e. The summed E-state index contributed by atoms with van der Waals surface area (Å²) in [6, 6.07) is 1.06. The molecule has 0 bridgehead atoms.